The van der Waals surface area contributed by atoms with Crippen molar-refractivity contribution in [1.29, 1.82) is 0 Å². The van der Waals surface area contributed by atoms with Crippen LogP contribution in [0.3, 0.4) is 0 Å². The Bertz CT molecular complexity index is 823. The summed E-state index contributed by atoms with van der Waals surface area (Å²) in [6, 6.07) is 1.98. The zero-order valence-corrected chi connectivity index (χ0v) is 12.3. The van der Waals surface area contributed by atoms with Gasteiger partial charge in [-0.15, -0.1) is 11.3 Å². The van der Waals surface area contributed by atoms with E-state index in [1.807, 2.05) is 13.0 Å². The molecule has 7 nitrogen and oxygen atoms in total. The van der Waals surface area contributed by atoms with E-state index in [2.05, 4.69) is 15.1 Å². The summed E-state index contributed by atoms with van der Waals surface area (Å²) in [7, 11) is 0. The molecule has 0 amide bonds. The molecule has 108 valence electrons. The van der Waals surface area contributed by atoms with Crippen LogP contribution >= 0.6 is 11.3 Å². The first-order chi connectivity index (χ1) is 10.1. The first-order valence-electron chi connectivity index (χ1n) is 6.34. The Morgan fingerprint density at radius 2 is 2.29 bits per heavy atom. The van der Waals surface area contributed by atoms with E-state index >= 15 is 0 Å². The third kappa shape index (κ3) is 2.33. The lowest BCUT2D eigenvalue weighted by Crippen LogP contribution is -2.08. The number of hydrogen-bond donors (Lipinski definition) is 1. The summed E-state index contributed by atoms with van der Waals surface area (Å²) in [5, 5.41) is 5.06. The summed E-state index contributed by atoms with van der Waals surface area (Å²) >= 11 is 1.57. The molecule has 3 heterocycles. The molecule has 8 heteroatoms. The molecule has 0 aromatic carbocycles. The van der Waals surface area contributed by atoms with Crippen LogP contribution in [0.4, 0.5) is 5.69 Å². The number of carbonyl (C=O) groups excluding carboxylic acids is 1. The van der Waals surface area contributed by atoms with Crippen molar-refractivity contribution in [2.24, 2.45) is 0 Å². The van der Waals surface area contributed by atoms with Crippen LogP contribution in [-0.4, -0.2) is 32.3 Å². The smallest absolute Gasteiger partial charge is 0.361 e. The average Bonchev–Trinajstić information content (AvgIpc) is 3.00. The largest absolute Gasteiger partial charge is 0.461 e. The van der Waals surface area contributed by atoms with Crippen molar-refractivity contribution in [3.8, 4) is 5.82 Å². The second-order valence-corrected chi connectivity index (χ2v) is 5.61. The number of fused-ring (bicyclic) bond motifs is 1. The minimum atomic E-state index is -0.541. The van der Waals surface area contributed by atoms with Gasteiger partial charge in [0.25, 0.3) is 0 Å². The number of anilines is 1. The Kier molecular flexibility index (Phi) is 3.30. The van der Waals surface area contributed by atoms with Crippen LogP contribution in [-0.2, 0) is 4.74 Å². The lowest BCUT2D eigenvalue weighted by molar-refractivity contribution is 0.0520. The number of carbonyl (C=O) groups is 1. The van der Waals surface area contributed by atoms with Crippen LogP contribution in [0.1, 0.15) is 22.3 Å². The van der Waals surface area contributed by atoms with Gasteiger partial charge in [0.1, 0.15) is 11.2 Å². The van der Waals surface area contributed by atoms with Crippen LogP contribution in [0.25, 0.3) is 16.0 Å². The van der Waals surface area contributed by atoms with E-state index in [0.29, 0.717) is 5.82 Å². The van der Waals surface area contributed by atoms with Gasteiger partial charge in [0.2, 0.25) is 0 Å². The predicted molar refractivity (Wildman–Crippen MR) is 79.6 cm³/mol. The van der Waals surface area contributed by atoms with Crippen LogP contribution in [0.2, 0.25) is 0 Å². The number of aryl methyl sites for hydroxylation is 1. The molecule has 3 rings (SSSR count). The fraction of sp³-hybridized carbons (Fsp3) is 0.231. The zero-order valence-electron chi connectivity index (χ0n) is 11.5. The number of aromatic nitrogens is 4. The molecular weight excluding hydrogens is 290 g/mol. The van der Waals surface area contributed by atoms with E-state index < -0.39 is 5.97 Å². The molecule has 0 aliphatic heterocycles. The number of rotatable bonds is 3. The van der Waals surface area contributed by atoms with Crippen molar-refractivity contribution in [2.75, 3.05) is 12.3 Å². The van der Waals surface area contributed by atoms with Gasteiger partial charge in [-0.3, -0.25) is 0 Å². The summed E-state index contributed by atoms with van der Waals surface area (Å²) in [6.07, 6.45) is 3.02. The number of esters is 1. The minimum Gasteiger partial charge on any atom is -0.461 e. The molecule has 0 saturated heterocycles. The molecule has 0 fully saturated rings. The van der Waals surface area contributed by atoms with Crippen molar-refractivity contribution in [2.45, 2.75) is 13.8 Å². The average molecular weight is 303 g/mol. The number of nitrogens with two attached hydrogens (primary N) is 1. The van der Waals surface area contributed by atoms with Crippen LogP contribution < -0.4 is 5.73 Å². The quantitative estimate of drug-likeness (QED) is 0.743. The van der Waals surface area contributed by atoms with Gasteiger partial charge in [0, 0.05) is 4.88 Å². The maximum Gasteiger partial charge on any atom is 0.361 e. The molecule has 0 unspecified atom stereocenters. The van der Waals surface area contributed by atoms with Gasteiger partial charge < -0.3 is 10.5 Å². The molecular formula is C13H13N5O2S. The third-order valence-electron chi connectivity index (χ3n) is 2.86. The molecule has 0 atom stereocenters. The molecule has 0 radical (unpaired) electrons. The second kappa shape index (κ2) is 5.13. The van der Waals surface area contributed by atoms with Crippen LogP contribution in [0.15, 0.2) is 18.6 Å². The maximum absolute atomic E-state index is 11.8. The molecule has 0 saturated carbocycles. The highest BCUT2D eigenvalue weighted by Gasteiger charge is 2.18. The van der Waals surface area contributed by atoms with Crippen molar-refractivity contribution < 1.29 is 9.53 Å². The molecule has 0 aliphatic rings. The summed E-state index contributed by atoms with van der Waals surface area (Å²) in [6.45, 7) is 4.00. The normalized spacial score (nSPS) is 11.0. The highest BCUT2D eigenvalue weighted by atomic mass is 32.1. The highest BCUT2D eigenvalue weighted by molar-refractivity contribution is 7.18. The van der Waals surface area contributed by atoms with E-state index in [4.69, 9.17) is 10.5 Å². The lowest BCUT2D eigenvalue weighted by atomic mass is 10.3. The van der Waals surface area contributed by atoms with Gasteiger partial charge >= 0.3 is 5.97 Å². The van der Waals surface area contributed by atoms with Crippen molar-refractivity contribution >= 4 is 33.2 Å². The summed E-state index contributed by atoms with van der Waals surface area (Å²) < 4.78 is 6.41. The number of ether oxygens (including phenoxy) is 1. The Morgan fingerprint density at radius 1 is 1.48 bits per heavy atom. The number of thiophene rings is 1. The molecule has 2 N–H and O–H groups in total. The third-order valence-corrected chi connectivity index (χ3v) is 3.82. The Morgan fingerprint density at radius 3 is 3.05 bits per heavy atom. The Hall–Kier alpha value is -2.48. The molecule has 0 spiro atoms. The fourth-order valence-electron chi connectivity index (χ4n) is 2.00. The molecule has 21 heavy (non-hydrogen) atoms. The number of hydrogen-bond acceptors (Lipinski definition) is 7. The van der Waals surface area contributed by atoms with E-state index in [1.54, 1.807) is 24.5 Å². The van der Waals surface area contributed by atoms with Gasteiger partial charge in [-0.05, 0) is 19.9 Å². The van der Waals surface area contributed by atoms with Crippen molar-refractivity contribution in [1.82, 2.24) is 19.7 Å². The maximum atomic E-state index is 11.8. The first kappa shape index (κ1) is 13.5. The number of nitrogen functional groups attached to an aromatic ring is 1. The lowest BCUT2D eigenvalue weighted by Gasteiger charge is -2.01. The topological polar surface area (TPSA) is 95.9 Å². The van der Waals surface area contributed by atoms with Crippen LogP contribution in [0, 0.1) is 6.92 Å². The SMILES string of the molecule is CCOC(=O)c1nn(-c2ncnc3sc(C)cc23)cc1N. The Balaban J connectivity index is 2.11. The molecule has 0 bridgehead atoms. The fourth-order valence-corrected chi connectivity index (χ4v) is 2.84. The first-order valence-corrected chi connectivity index (χ1v) is 7.15. The second-order valence-electron chi connectivity index (χ2n) is 4.37. The monoisotopic (exact) mass is 303 g/mol. The zero-order chi connectivity index (χ0) is 15.0. The van der Waals surface area contributed by atoms with Crippen molar-refractivity contribution in [3.63, 3.8) is 0 Å². The van der Waals surface area contributed by atoms with E-state index in [9.17, 15) is 4.79 Å². The van der Waals surface area contributed by atoms with Gasteiger partial charge in [-0.1, -0.05) is 0 Å². The molecule has 0 aliphatic carbocycles. The van der Waals surface area contributed by atoms with Crippen LogP contribution in [0.5, 0.6) is 0 Å². The summed E-state index contributed by atoms with van der Waals surface area (Å²) in [5.41, 5.74) is 6.18. The van der Waals surface area contributed by atoms with Crippen molar-refractivity contribution in [3.05, 3.63) is 29.2 Å². The molecule has 3 aromatic heterocycles. The van der Waals surface area contributed by atoms with E-state index in [0.717, 1.165) is 15.1 Å². The van der Waals surface area contributed by atoms with Gasteiger partial charge in [-0.2, -0.15) is 5.10 Å². The Labute approximate surface area is 124 Å². The van der Waals surface area contributed by atoms with Gasteiger partial charge in [0.05, 0.1) is 23.9 Å². The highest BCUT2D eigenvalue weighted by Crippen LogP contribution is 2.27. The predicted octanol–water partition coefficient (Wildman–Crippen LogP) is 1.94. The van der Waals surface area contributed by atoms with Gasteiger partial charge in [-0.25, -0.2) is 19.4 Å². The van der Waals surface area contributed by atoms with Gasteiger partial charge in [0.15, 0.2) is 11.5 Å². The van der Waals surface area contributed by atoms with E-state index in [1.165, 1.54) is 11.0 Å². The summed E-state index contributed by atoms with van der Waals surface area (Å²) in [4.78, 5) is 22.2. The van der Waals surface area contributed by atoms with E-state index in [-0.39, 0.29) is 18.0 Å². The number of nitrogens with zero attached hydrogens (tertiary/aromatic N) is 4. The molecule has 3 aromatic rings. The summed E-state index contributed by atoms with van der Waals surface area (Å²) in [5.74, 6) is 0.0483. The standard InChI is InChI=1S/C13H13N5O2S/c1-3-20-13(19)10-9(14)5-18(17-10)11-8-4-7(2)21-12(8)16-6-15-11/h4-6H,3,14H2,1-2H3. The minimum absolute atomic E-state index is 0.0931.